The number of carbonyl (C=O) groups is 1. The van der Waals surface area contributed by atoms with Crippen LogP contribution >= 0.6 is 0 Å². The van der Waals surface area contributed by atoms with Gasteiger partial charge in [0.05, 0.1) is 6.10 Å². The Morgan fingerprint density at radius 2 is 1.84 bits per heavy atom. The van der Waals surface area contributed by atoms with Gasteiger partial charge in [-0.1, -0.05) is 65.5 Å². The van der Waals surface area contributed by atoms with Gasteiger partial charge in [-0.05, 0) is 84.9 Å². The first kappa shape index (κ1) is 24.3. The Balaban J connectivity index is 1.51. The molecule has 0 aliphatic heterocycles. The van der Waals surface area contributed by atoms with Crippen molar-refractivity contribution >= 4 is 5.97 Å². The van der Waals surface area contributed by atoms with Crippen molar-refractivity contribution in [2.75, 3.05) is 0 Å². The SMILES string of the molecule is CC(=O)OC1CC[C@@]2(C)C(=CC(O)[C@H]3[C@@H]4CC[C@H]([C@H](C)CCCC(C)C)[C@@]4(C)CC[C@@H]32)C1. The number of rotatable bonds is 6. The second kappa shape index (κ2) is 9.08. The van der Waals surface area contributed by atoms with Crippen LogP contribution < -0.4 is 0 Å². The van der Waals surface area contributed by atoms with Crippen LogP contribution in [-0.4, -0.2) is 23.3 Å². The summed E-state index contributed by atoms with van der Waals surface area (Å²) in [6, 6.07) is 0. The molecular weight excluding hydrogens is 396 g/mol. The lowest BCUT2D eigenvalue weighted by molar-refractivity contribution is -0.149. The third kappa shape index (κ3) is 4.21. The number of esters is 1. The Kier molecular flexibility index (Phi) is 6.90. The summed E-state index contributed by atoms with van der Waals surface area (Å²) in [7, 11) is 0. The first-order chi connectivity index (χ1) is 15.1. The van der Waals surface area contributed by atoms with Crippen LogP contribution in [0.25, 0.3) is 0 Å². The van der Waals surface area contributed by atoms with Gasteiger partial charge in [-0.15, -0.1) is 0 Å². The average Bonchev–Trinajstić information content (AvgIpc) is 3.05. The molecule has 9 atom stereocenters. The molecule has 3 heteroatoms. The zero-order valence-electron chi connectivity index (χ0n) is 21.5. The Morgan fingerprint density at radius 1 is 1.09 bits per heavy atom. The van der Waals surface area contributed by atoms with Gasteiger partial charge in [0.1, 0.15) is 6.10 Å². The van der Waals surface area contributed by atoms with Gasteiger partial charge in [0.2, 0.25) is 0 Å². The fourth-order valence-corrected chi connectivity index (χ4v) is 8.98. The number of aliphatic hydroxyl groups is 1. The molecule has 0 spiro atoms. The molecule has 0 aromatic rings. The first-order valence-electron chi connectivity index (χ1n) is 13.6. The minimum Gasteiger partial charge on any atom is -0.462 e. The molecule has 1 N–H and O–H groups in total. The van der Waals surface area contributed by atoms with Gasteiger partial charge in [0.25, 0.3) is 0 Å². The molecule has 4 aliphatic rings. The van der Waals surface area contributed by atoms with Crippen LogP contribution in [0, 0.1) is 46.3 Å². The summed E-state index contributed by atoms with van der Waals surface area (Å²) in [6.07, 6.45) is 14.0. The molecule has 0 heterocycles. The number of carbonyl (C=O) groups excluding carboxylic acids is 1. The average molecular weight is 445 g/mol. The Hall–Kier alpha value is -0.830. The van der Waals surface area contributed by atoms with Crippen LogP contribution in [0.1, 0.15) is 106 Å². The number of hydrogen-bond acceptors (Lipinski definition) is 3. The van der Waals surface area contributed by atoms with Gasteiger partial charge in [-0.25, -0.2) is 0 Å². The molecule has 0 amide bonds. The van der Waals surface area contributed by atoms with E-state index >= 15 is 0 Å². The third-order valence-corrected chi connectivity index (χ3v) is 10.6. The summed E-state index contributed by atoms with van der Waals surface area (Å²) in [5.74, 6) is 3.85. The van der Waals surface area contributed by atoms with Crippen molar-refractivity contribution in [2.45, 2.75) is 118 Å². The predicted molar refractivity (Wildman–Crippen MR) is 130 cm³/mol. The minimum atomic E-state index is -0.334. The summed E-state index contributed by atoms with van der Waals surface area (Å²) in [4.78, 5) is 11.5. The first-order valence-corrected chi connectivity index (χ1v) is 13.6. The molecule has 0 radical (unpaired) electrons. The molecule has 3 saturated carbocycles. The van der Waals surface area contributed by atoms with Crippen LogP contribution in [0.5, 0.6) is 0 Å². The van der Waals surface area contributed by atoms with Crippen LogP contribution in [-0.2, 0) is 9.53 Å². The van der Waals surface area contributed by atoms with Crippen molar-refractivity contribution in [3.8, 4) is 0 Å². The quantitative estimate of drug-likeness (QED) is 0.357. The summed E-state index contributed by atoms with van der Waals surface area (Å²) in [5.41, 5.74) is 1.92. The minimum absolute atomic E-state index is 0.00742. The van der Waals surface area contributed by atoms with E-state index < -0.39 is 0 Å². The summed E-state index contributed by atoms with van der Waals surface area (Å²) >= 11 is 0. The molecular formula is C29H48O3. The predicted octanol–water partition coefficient (Wildman–Crippen LogP) is 6.93. The van der Waals surface area contributed by atoms with Crippen molar-refractivity contribution in [3.63, 3.8) is 0 Å². The fraction of sp³-hybridized carbons (Fsp3) is 0.897. The van der Waals surface area contributed by atoms with Gasteiger partial charge in [-0.2, -0.15) is 0 Å². The molecule has 2 unspecified atom stereocenters. The topological polar surface area (TPSA) is 46.5 Å². The van der Waals surface area contributed by atoms with E-state index in [0.717, 1.165) is 37.0 Å². The summed E-state index contributed by atoms with van der Waals surface area (Å²) in [5, 5.41) is 11.4. The molecule has 0 aromatic carbocycles. The maximum atomic E-state index is 11.5. The highest BCUT2D eigenvalue weighted by Crippen LogP contribution is 2.67. The van der Waals surface area contributed by atoms with Crippen molar-refractivity contribution in [2.24, 2.45) is 46.3 Å². The van der Waals surface area contributed by atoms with E-state index in [-0.39, 0.29) is 23.6 Å². The highest BCUT2D eigenvalue weighted by molar-refractivity contribution is 5.66. The Bertz CT molecular complexity index is 726. The van der Waals surface area contributed by atoms with Gasteiger partial charge in [-0.3, -0.25) is 4.79 Å². The summed E-state index contributed by atoms with van der Waals surface area (Å²) < 4.78 is 5.57. The lowest BCUT2D eigenvalue weighted by Crippen LogP contribution is -2.55. The number of fused-ring (bicyclic) bond motifs is 5. The molecule has 0 saturated heterocycles. The molecule has 3 fully saturated rings. The fourth-order valence-electron chi connectivity index (χ4n) is 8.98. The maximum Gasteiger partial charge on any atom is 0.302 e. The second-order valence-electron chi connectivity index (χ2n) is 12.9. The maximum absolute atomic E-state index is 11.5. The molecule has 3 nitrogen and oxygen atoms in total. The molecule has 4 aliphatic carbocycles. The zero-order chi connectivity index (χ0) is 23.3. The smallest absolute Gasteiger partial charge is 0.302 e. The highest BCUT2D eigenvalue weighted by atomic mass is 16.5. The Labute approximate surface area is 196 Å². The standard InChI is InChI=1S/C29H48O3/c1-18(2)8-7-9-19(3)23-10-11-24-27-25(13-15-29(23,24)6)28(5)14-12-22(32-20(4)30)16-21(28)17-26(27)31/h17-19,22-27,31H,7-16H2,1-6H3/t19-,22?,23-,24+,25+,26?,27+,28+,29-/m1/s1. The van der Waals surface area contributed by atoms with E-state index in [2.05, 4.69) is 40.7 Å². The van der Waals surface area contributed by atoms with Crippen LogP contribution in [0.3, 0.4) is 0 Å². The van der Waals surface area contributed by atoms with Crippen LogP contribution in [0.15, 0.2) is 11.6 Å². The van der Waals surface area contributed by atoms with E-state index in [9.17, 15) is 9.90 Å². The highest BCUT2D eigenvalue weighted by Gasteiger charge is 2.61. The van der Waals surface area contributed by atoms with E-state index in [1.54, 1.807) is 0 Å². The van der Waals surface area contributed by atoms with E-state index in [1.807, 2.05) is 0 Å². The van der Waals surface area contributed by atoms with E-state index in [4.69, 9.17) is 4.74 Å². The van der Waals surface area contributed by atoms with Crippen molar-refractivity contribution in [1.29, 1.82) is 0 Å². The summed E-state index contributed by atoms with van der Waals surface area (Å²) in [6.45, 7) is 13.7. The van der Waals surface area contributed by atoms with Gasteiger partial charge in [0.15, 0.2) is 0 Å². The van der Waals surface area contributed by atoms with Gasteiger partial charge < -0.3 is 9.84 Å². The molecule has 182 valence electrons. The van der Waals surface area contributed by atoms with E-state index in [1.165, 1.54) is 57.4 Å². The number of aliphatic hydroxyl groups excluding tert-OH is 1. The second-order valence-corrected chi connectivity index (χ2v) is 12.9. The van der Waals surface area contributed by atoms with Crippen LogP contribution in [0.2, 0.25) is 0 Å². The molecule has 0 bridgehead atoms. The van der Waals surface area contributed by atoms with Crippen LogP contribution in [0.4, 0.5) is 0 Å². The number of ether oxygens (including phenoxy) is 1. The monoisotopic (exact) mass is 444 g/mol. The zero-order valence-corrected chi connectivity index (χ0v) is 21.5. The lowest BCUT2D eigenvalue weighted by atomic mass is 9.46. The van der Waals surface area contributed by atoms with Crippen molar-refractivity contribution in [1.82, 2.24) is 0 Å². The third-order valence-electron chi connectivity index (χ3n) is 10.6. The van der Waals surface area contributed by atoms with Gasteiger partial charge >= 0.3 is 5.97 Å². The number of hydrogen-bond donors (Lipinski definition) is 1. The van der Waals surface area contributed by atoms with E-state index in [0.29, 0.717) is 23.2 Å². The Morgan fingerprint density at radius 3 is 2.53 bits per heavy atom. The van der Waals surface area contributed by atoms with Crippen molar-refractivity contribution < 1.29 is 14.6 Å². The largest absolute Gasteiger partial charge is 0.462 e. The van der Waals surface area contributed by atoms with Gasteiger partial charge in [0, 0.05) is 13.3 Å². The lowest BCUT2D eigenvalue weighted by Gasteiger charge is -2.59. The molecule has 4 rings (SSSR count). The molecule has 32 heavy (non-hydrogen) atoms. The normalized spacial score (nSPS) is 44.3. The molecule has 0 aromatic heterocycles. The van der Waals surface area contributed by atoms with Crippen molar-refractivity contribution in [3.05, 3.63) is 11.6 Å².